The lowest BCUT2D eigenvalue weighted by Crippen LogP contribution is -2.60. The summed E-state index contributed by atoms with van der Waals surface area (Å²) in [6.45, 7) is 3.12. The molecule has 4 aliphatic carbocycles. The van der Waals surface area contributed by atoms with Crippen LogP contribution in [0.4, 0.5) is 0 Å². The van der Waals surface area contributed by atoms with E-state index < -0.39 is 17.9 Å². The molecule has 0 saturated heterocycles. The van der Waals surface area contributed by atoms with Gasteiger partial charge in [0.05, 0.1) is 0 Å². The first kappa shape index (κ1) is 22.6. The molecule has 174 valence electrons. The van der Waals surface area contributed by atoms with Gasteiger partial charge in [0.2, 0.25) is 0 Å². The molecule has 2 N–H and O–H groups in total. The van der Waals surface area contributed by atoms with E-state index in [9.17, 15) is 14.4 Å². The van der Waals surface area contributed by atoms with Crippen molar-refractivity contribution in [3.05, 3.63) is 30.3 Å². The van der Waals surface area contributed by atoms with Gasteiger partial charge in [-0.3, -0.25) is 9.59 Å². The highest BCUT2D eigenvalue weighted by atomic mass is 16.5. The number of amides is 2. The van der Waals surface area contributed by atoms with Crippen LogP contribution in [-0.2, 0) is 19.1 Å². The maximum Gasteiger partial charge on any atom is 0.329 e. The lowest BCUT2D eigenvalue weighted by Gasteiger charge is -2.56. The number of benzene rings is 1. The van der Waals surface area contributed by atoms with E-state index in [1.165, 1.54) is 19.3 Å². The third-order valence-electron chi connectivity index (χ3n) is 7.14. The Morgan fingerprint density at radius 3 is 2.09 bits per heavy atom. The molecule has 4 saturated carbocycles. The van der Waals surface area contributed by atoms with Crippen molar-refractivity contribution in [2.24, 2.45) is 23.7 Å². The Hall–Kier alpha value is -2.57. The molecule has 0 unspecified atom stereocenters. The van der Waals surface area contributed by atoms with Crippen LogP contribution in [0.25, 0.3) is 0 Å². The number of esters is 1. The third kappa shape index (κ3) is 5.43. The average Bonchev–Trinajstić information content (AvgIpc) is 2.73. The van der Waals surface area contributed by atoms with Gasteiger partial charge in [-0.2, -0.15) is 0 Å². The average molecular weight is 443 g/mol. The summed E-state index contributed by atoms with van der Waals surface area (Å²) in [5.74, 6) is 1.30. The fraction of sp³-hybridized carbons (Fsp3) is 0.640. The van der Waals surface area contributed by atoms with Crippen molar-refractivity contribution in [2.75, 3.05) is 13.2 Å². The number of nitrogens with one attached hydrogen (secondary N) is 2. The second kappa shape index (κ2) is 9.51. The standard InChI is InChI=1S/C25H34N2O5/c1-16(2)23(26-21(28)14-31-20-6-4-3-5-7-20)24(30)32-15-22(29)27-25-11-17-8-18(12-25)10-19(9-17)13-25/h3-7,16-19,23H,8-15H2,1-2H3,(H,26,28)(H,27,29)/t17?,18?,19?,23-,25?/m0/s1. The zero-order valence-corrected chi connectivity index (χ0v) is 19.0. The van der Waals surface area contributed by atoms with Gasteiger partial charge in [0.15, 0.2) is 13.2 Å². The molecule has 0 aliphatic heterocycles. The molecule has 4 bridgehead atoms. The highest BCUT2D eigenvalue weighted by Gasteiger charge is 2.51. The van der Waals surface area contributed by atoms with E-state index in [4.69, 9.17) is 9.47 Å². The largest absolute Gasteiger partial charge is 0.484 e. The zero-order chi connectivity index (χ0) is 22.7. The summed E-state index contributed by atoms with van der Waals surface area (Å²) in [6, 6.07) is 8.16. The normalized spacial score (nSPS) is 28.8. The number of hydrogen-bond acceptors (Lipinski definition) is 5. The number of carbonyl (C=O) groups excluding carboxylic acids is 3. The predicted octanol–water partition coefficient (Wildman–Crippen LogP) is 2.83. The van der Waals surface area contributed by atoms with Crippen molar-refractivity contribution in [2.45, 2.75) is 64.0 Å². The third-order valence-corrected chi connectivity index (χ3v) is 7.14. The lowest BCUT2D eigenvalue weighted by molar-refractivity contribution is -0.154. The molecule has 4 fully saturated rings. The van der Waals surface area contributed by atoms with Gasteiger partial charge in [-0.05, 0) is 74.3 Å². The maximum absolute atomic E-state index is 12.6. The van der Waals surface area contributed by atoms with Gasteiger partial charge in [0.25, 0.3) is 11.8 Å². The Labute approximate surface area is 189 Å². The van der Waals surface area contributed by atoms with Gasteiger partial charge in [-0.25, -0.2) is 4.79 Å². The number of carbonyl (C=O) groups is 3. The SMILES string of the molecule is CC(C)[C@H](NC(=O)COc1ccccc1)C(=O)OCC(=O)NC12CC3CC(CC(C3)C1)C2. The summed E-state index contributed by atoms with van der Waals surface area (Å²) >= 11 is 0. The minimum absolute atomic E-state index is 0.112. The minimum atomic E-state index is -0.839. The molecular weight excluding hydrogens is 408 g/mol. The Bertz CT molecular complexity index is 803. The van der Waals surface area contributed by atoms with E-state index in [1.54, 1.807) is 12.1 Å². The van der Waals surface area contributed by atoms with Crippen molar-refractivity contribution >= 4 is 17.8 Å². The number of hydrogen-bond donors (Lipinski definition) is 2. The molecule has 0 radical (unpaired) electrons. The molecule has 7 nitrogen and oxygen atoms in total. The number of rotatable bonds is 9. The van der Waals surface area contributed by atoms with Crippen LogP contribution in [-0.4, -0.2) is 42.6 Å². The molecule has 32 heavy (non-hydrogen) atoms. The van der Waals surface area contributed by atoms with E-state index in [0.717, 1.165) is 37.0 Å². The van der Waals surface area contributed by atoms with Crippen molar-refractivity contribution in [3.8, 4) is 5.75 Å². The van der Waals surface area contributed by atoms with Crippen LogP contribution in [0.5, 0.6) is 5.75 Å². The molecule has 7 heteroatoms. The van der Waals surface area contributed by atoms with Gasteiger partial charge < -0.3 is 20.1 Å². The van der Waals surface area contributed by atoms with Gasteiger partial charge in [-0.1, -0.05) is 32.0 Å². The van der Waals surface area contributed by atoms with Gasteiger partial charge in [0.1, 0.15) is 11.8 Å². The minimum Gasteiger partial charge on any atom is -0.484 e. The first-order chi connectivity index (χ1) is 15.3. The molecule has 1 atom stereocenters. The molecule has 4 aliphatic rings. The van der Waals surface area contributed by atoms with Gasteiger partial charge in [0, 0.05) is 5.54 Å². The zero-order valence-electron chi connectivity index (χ0n) is 19.0. The molecule has 0 heterocycles. The second-order valence-electron chi connectivity index (χ2n) is 10.2. The van der Waals surface area contributed by atoms with E-state index in [1.807, 2.05) is 32.0 Å². The van der Waals surface area contributed by atoms with E-state index in [2.05, 4.69) is 10.6 Å². The molecule has 1 aromatic rings. The van der Waals surface area contributed by atoms with Crippen LogP contribution in [0.1, 0.15) is 52.4 Å². The Kier molecular flexibility index (Phi) is 6.72. The first-order valence-corrected chi connectivity index (χ1v) is 11.8. The summed E-state index contributed by atoms with van der Waals surface area (Å²) in [5.41, 5.74) is -0.112. The Morgan fingerprint density at radius 1 is 0.938 bits per heavy atom. The topological polar surface area (TPSA) is 93.7 Å². The molecule has 2 amide bonds. The molecule has 5 rings (SSSR count). The van der Waals surface area contributed by atoms with Crippen LogP contribution < -0.4 is 15.4 Å². The number of para-hydroxylation sites is 1. The lowest BCUT2D eigenvalue weighted by atomic mass is 9.53. The Morgan fingerprint density at radius 2 is 1.53 bits per heavy atom. The highest BCUT2D eigenvalue weighted by molar-refractivity contribution is 5.87. The van der Waals surface area contributed by atoms with Crippen LogP contribution in [0.15, 0.2) is 30.3 Å². The van der Waals surface area contributed by atoms with Crippen LogP contribution >= 0.6 is 0 Å². The summed E-state index contributed by atoms with van der Waals surface area (Å²) in [4.78, 5) is 37.5. The van der Waals surface area contributed by atoms with Crippen molar-refractivity contribution < 1.29 is 23.9 Å². The van der Waals surface area contributed by atoms with E-state index in [0.29, 0.717) is 5.75 Å². The molecule has 0 aromatic heterocycles. The van der Waals surface area contributed by atoms with Crippen molar-refractivity contribution in [1.29, 1.82) is 0 Å². The van der Waals surface area contributed by atoms with Crippen LogP contribution in [0.2, 0.25) is 0 Å². The van der Waals surface area contributed by atoms with Crippen LogP contribution in [0.3, 0.4) is 0 Å². The fourth-order valence-corrected chi connectivity index (χ4v) is 6.20. The molecule has 0 spiro atoms. The van der Waals surface area contributed by atoms with Crippen molar-refractivity contribution in [1.82, 2.24) is 10.6 Å². The van der Waals surface area contributed by atoms with E-state index in [-0.39, 0.29) is 30.6 Å². The van der Waals surface area contributed by atoms with Crippen molar-refractivity contribution in [3.63, 3.8) is 0 Å². The number of ether oxygens (including phenoxy) is 2. The highest BCUT2D eigenvalue weighted by Crippen LogP contribution is 2.55. The summed E-state index contributed by atoms with van der Waals surface area (Å²) in [5, 5.41) is 5.87. The summed E-state index contributed by atoms with van der Waals surface area (Å²) in [6.07, 6.45) is 7.04. The second-order valence-corrected chi connectivity index (χ2v) is 10.2. The van der Waals surface area contributed by atoms with Crippen LogP contribution in [0, 0.1) is 23.7 Å². The Balaban J connectivity index is 1.24. The predicted molar refractivity (Wildman–Crippen MR) is 119 cm³/mol. The molecular formula is C25H34N2O5. The summed E-state index contributed by atoms with van der Waals surface area (Å²) < 4.78 is 10.7. The first-order valence-electron chi connectivity index (χ1n) is 11.8. The fourth-order valence-electron chi connectivity index (χ4n) is 6.20. The smallest absolute Gasteiger partial charge is 0.329 e. The van der Waals surface area contributed by atoms with Gasteiger partial charge >= 0.3 is 5.97 Å². The molecule has 1 aromatic carbocycles. The van der Waals surface area contributed by atoms with E-state index >= 15 is 0 Å². The quantitative estimate of drug-likeness (QED) is 0.574. The summed E-state index contributed by atoms with van der Waals surface area (Å²) in [7, 11) is 0. The monoisotopic (exact) mass is 442 g/mol. The maximum atomic E-state index is 12.6. The van der Waals surface area contributed by atoms with Gasteiger partial charge in [-0.15, -0.1) is 0 Å².